The zero-order valence-electron chi connectivity index (χ0n) is 21.3. The lowest BCUT2D eigenvalue weighted by Crippen LogP contribution is -2.55. The number of hydrogen-bond donors (Lipinski definition) is 4. The van der Waals surface area contributed by atoms with Crippen molar-refractivity contribution < 1.29 is 37.6 Å². The van der Waals surface area contributed by atoms with Gasteiger partial charge in [-0.15, -0.1) is 0 Å². The molecule has 0 radical (unpaired) electrons. The molecule has 0 rings (SSSR count). The minimum atomic E-state index is -5.25. The fourth-order valence-corrected chi connectivity index (χ4v) is 5.14. The summed E-state index contributed by atoms with van der Waals surface area (Å²) in [4.78, 5) is 34.7. The van der Waals surface area contributed by atoms with Gasteiger partial charge in [-0.2, -0.15) is 8.42 Å². The zero-order valence-corrected chi connectivity index (χ0v) is 22.2. The maximum Gasteiger partial charge on any atom is 0.328 e. The first-order valence-corrected chi connectivity index (χ1v) is 14.3. The van der Waals surface area contributed by atoms with Gasteiger partial charge in [-0.3, -0.25) is 18.9 Å². The maximum atomic E-state index is 12.1. The summed E-state index contributed by atoms with van der Waals surface area (Å²) in [6.07, 6.45) is 18.1. The van der Waals surface area contributed by atoms with Crippen molar-refractivity contribution in [2.45, 2.75) is 115 Å². The van der Waals surface area contributed by atoms with Crippen LogP contribution in [0.15, 0.2) is 12.2 Å². The first-order valence-electron chi connectivity index (χ1n) is 12.8. The van der Waals surface area contributed by atoms with E-state index in [0.29, 0.717) is 6.42 Å². The normalized spacial score (nSPS) is 14.5. The van der Waals surface area contributed by atoms with E-state index in [2.05, 4.69) is 24.4 Å². The standard InChI is InChI=1S/C25H45NO8S/c1-3-4-5-6-7-8-9-10-11-12-13-14-15-16-17-18-22(27)26-20-21(2)25(24(30)31,19-23(28)29)35(32,33)34/h10-11,21H,3-9,12-20H2,1-2H3,(H,26,27)(H,28,29)(H,30,31)(H,32,33,34). The van der Waals surface area contributed by atoms with E-state index >= 15 is 0 Å². The maximum absolute atomic E-state index is 12.1. The molecule has 0 aliphatic heterocycles. The summed E-state index contributed by atoms with van der Waals surface area (Å²) in [6.45, 7) is 3.01. The van der Waals surface area contributed by atoms with Crippen molar-refractivity contribution in [3.05, 3.63) is 12.2 Å². The van der Waals surface area contributed by atoms with Gasteiger partial charge in [-0.1, -0.05) is 77.4 Å². The summed E-state index contributed by atoms with van der Waals surface area (Å²) in [5.41, 5.74) is 0. The van der Waals surface area contributed by atoms with Crippen LogP contribution in [0.1, 0.15) is 110 Å². The second kappa shape index (κ2) is 18.3. The Morgan fingerprint density at radius 1 is 0.857 bits per heavy atom. The lowest BCUT2D eigenvalue weighted by atomic mass is 9.89. The highest BCUT2D eigenvalue weighted by atomic mass is 32.2. The molecule has 0 fully saturated rings. The van der Waals surface area contributed by atoms with Gasteiger partial charge in [0, 0.05) is 18.9 Å². The summed E-state index contributed by atoms with van der Waals surface area (Å²) in [5.74, 6) is -5.39. The molecule has 0 heterocycles. The third-order valence-electron chi connectivity index (χ3n) is 6.30. The summed E-state index contributed by atoms with van der Waals surface area (Å²) >= 11 is 0. The molecule has 4 N–H and O–H groups in total. The number of carboxylic acids is 2. The number of carbonyl (C=O) groups is 3. The van der Waals surface area contributed by atoms with Crippen LogP contribution >= 0.6 is 0 Å². The van der Waals surface area contributed by atoms with Crippen LogP contribution in [0, 0.1) is 5.92 Å². The molecule has 10 heteroatoms. The van der Waals surface area contributed by atoms with E-state index in [-0.39, 0.29) is 18.9 Å². The third kappa shape index (κ3) is 13.7. The lowest BCUT2D eigenvalue weighted by molar-refractivity contribution is -0.148. The van der Waals surface area contributed by atoms with Crippen LogP contribution in [-0.4, -0.2) is 52.3 Å². The number of amides is 1. The summed E-state index contributed by atoms with van der Waals surface area (Å²) < 4.78 is 30.0. The Morgan fingerprint density at radius 2 is 1.34 bits per heavy atom. The van der Waals surface area contributed by atoms with Crippen LogP contribution < -0.4 is 5.32 Å². The molecule has 204 valence electrons. The van der Waals surface area contributed by atoms with Crippen molar-refractivity contribution in [2.24, 2.45) is 5.92 Å². The highest BCUT2D eigenvalue weighted by Gasteiger charge is 2.56. The SMILES string of the molecule is CCCCCCCCC=CCCCCCCCC(=O)NCC(C)C(CC(=O)O)(C(=O)O)S(=O)(=O)O. The second-order valence-corrected chi connectivity index (χ2v) is 11.0. The van der Waals surface area contributed by atoms with Crippen molar-refractivity contribution in [3.8, 4) is 0 Å². The number of hydrogen-bond acceptors (Lipinski definition) is 5. The van der Waals surface area contributed by atoms with Crippen LogP contribution in [0.25, 0.3) is 0 Å². The van der Waals surface area contributed by atoms with Gasteiger partial charge in [0.2, 0.25) is 10.7 Å². The molecule has 0 bridgehead atoms. The summed E-state index contributed by atoms with van der Waals surface area (Å²) in [7, 11) is -5.25. The Labute approximate surface area is 210 Å². The van der Waals surface area contributed by atoms with E-state index in [9.17, 15) is 32.5 Å². The van der Waals surface area contributed by atoms with E-state index < -0.39 is 39.1 Å². The van der Waals surface area contributed by atoms with E-state index in [1.54, 1.807) is 0 Å². The minimum absolute atomic E-state index is 0.204. The molecule has 0 aliphatic carbocycles. The van der Waals surface area contributed by atoms with Gasteiger partial charge in [0.25, 0.3) is 10.1 Å². The Hall–Kier alpha value is -1.94. The largest absolute Gasteiger partial charge is 0.481 e. The minimum Gasteiger partial charge on any atom is -0.481 e. The Balaban J connectivity index is 4.08. The van der Waals surface area contributed by atoms with Gasteiger partial charge in [0.15, 0.2) is 0 Å². The van der Waals surface area contributed by atoms with Crippen molar-refractivity contribution in [2.75, 3.05) is 6.54 Å². The van der Waals surface area contributed by atoms with Gasteiger partial charge < -0.3 is 15.5 Å². The molecule has 0 aromatic heterocycles. The summed E-state index contributed by atoms with van der Waals surface area (Å²) in [6, 6.07) is 0. The number of rotatable bonds is 22. The van der Waals surface area contributed by atoms with Crippen LogP contribution in [0.2, 0.25) is 0 Å². The Morgan fingerprint density at radius 3 is 1.80 bits per heavy atom. The molecule has 0 saturated carbocycles. The lowest BCUT2D eigenvalue weighted by Gasteiger charge is -2.30. The van der Waals surface area contributed by atoms with Crippen LogP contribution in [0.5, 0.6) is 0 Å². The predicted molar refractivity (Wildman–Crippen MR) is 136 cm³/mol. The molecule has 35 heavy (non-hydrogen) atoms. The van der Waals surface area contributed by atoms with Crippen molar-refractivity contribution >= 4 is 28.0 Å². The molecule has 0 aliphatic rings. The molecular formula is C25H45NO8S. The van der Waals surface area contributed by atoms with E-state index in [4.69, 9.17) is 5.11 Å². The molecule has 2 unspecified atom stereocenters. The zero-order chi connectivity index (χ0) is 26.7. The Kier molecular flexibility index (Phi) is 17.3. The van der Waals surface area contributed by atoms with Crippen molar-refractivity contribution in [1.82, 2.24) is 5.32 Å². The van der Waals surface area contributed by atoms with E-state index in [0.717, 1.165) is 38.5 Å². The first kappa shape index (κ1) is 33.1. The second-order valence-electron chi connectivity index (χ2n) is 9.28. The molecule has 1 amide bonds. The average Bonchev–Trinajstić information content (AvgIpc) is 2.77. The van der Waals surface area contributed by atoms with Crippen molar-refractivity contribution in [3.63, 3.8) is 0 Å². The summed E-state index contributed by atoms with van der Waals surface area (Å²) in [5, 5.41) is 20.8. The molecular weight excluding hydrogens is 474 g/mol. The predicted octanol–water partition coefficient (Wildman–Crippen LogP) is 4.96. The van der Waals surface area contributed by atoms with Gasteiger partial charge in [-0.25, -0.2) is 0 Å². The number of allylic oxidation sites excluding steroid dienone is 2. The fourth-order valence-electron chi connectivity index (χ4n) is 4.02. The monoisotopic (exact) mass is 519 g/mol. The average molecular weight is 520 g/mol. The topological polar surface area (TPSA) is 158 Å². The van der Waals surface area contributed by atoms with Crippen LogP contribution in [-0.2, 0) is 24.5 Å². The van der Waals surface area contributed by atoms with Gasteiger partial charge in [-0.05, 0) is 32.1 Å². The number of unbranched alkanes of at least 4 members (excludes halogenated alkanes) is 11. The van der Waals surface area contributed by atoms with E-state index in [1.807, 2.05) is 0 Å². The van der Waals surface area contributed by atoms with Gasteiger partial charge in [0.05, 0.1) is 6.42 Å². The third-order valence-corrected chi connectivity index (χ3v) is 7.95. The highest BCUT2D eigenvalue weighted by molar-refractivity contribution is 7.88. The molecule has 9 nitrogen and oxygen atoms in total. The molecule has 0 aromatic carbocycles. The van der Waals surface area contributed by atoms with Gasteiger partial charge >= 0.3 is 11.9 Å². The van der Waals surface area contributed by atoms with Crippen LogP contribution in [0.4, 0.5) is 0 Å². The molecule has 0 saturated heterocycles. The van der Waals surface area contributed by atoms with Gasteiger partial charge in [0.1, 0.15) is 0 Å². The quantitative estimate of drug-likeness (QED) is 0.0887. The number of carboxylic acid groups (broad SMARTS) is 2. The van der Waals surface area contributed by atoms with Crippen LogP contribution in [0.3, 0.4) is 0 Å². The Bertz CT molecular complexity index is 765. The fraction of sp³-hybridized carbons (Fsp3) is 0.800. The molecule has 0 spiro atoms. The highest BCUT2D eigenvalue weighted by Crippen LogP contribution is 2.31. The first-order chi connectivity index (χ1) is 16.5. The molecule has 2 atom stereocenters. The van der Waals surface area contributed by atoms with Crippen molar-refractivity contribution in [1.29, 1.82) is 0 Å². The number of carbonyl (C=O) groups excluding carboxylic acids is 1. The molecule has 0 aromatic rings. The number of aliphatic carboxylic acids is 2. The van der Waals surface area contributed by atoms with E-state index in [1.165, 1.54) is 45.4 Å². The smallest absolute Gasteiger partial charge is 0.328 e. The number of nitrogens with one attached hydrogen (secondary N) is 1.